The maximum absolute atomic E-state index is 14.1. The van der Waals surface area contributed by atoms with E-state index in [9.17, 15) is 27.5 Å². The van der Waals surface area contributed by atoms with Crippen LogP contribution in [0.2, 0.25) is 10.0 Å². The zero-order valence-electron chi connectivity index (χ0n) is 14.7. The van der Waals surface area contributed by atoms with Crippen molar-refractivity contribution in [2.45, 2.75) is 24.6 Å². The number of aromatic nitrogens is 1. The van der Waals surface area contributed by atoms with Crippen molar-refractivity contribution in [3.63, 3.8) is 0 Å². The zero-order valence-corrected chi connectivity index (χ0v) is 16.2. The molecule has 0 spiro atoms. The number of fused-ring (bicyclic) bond motifs is 1. The number of pyridine rings is 1. The van der Waals surface area contributed by atoms with Gasteiger partial charge in [0.25, 0.3) is 5.60 Å². The maximum atomic E-state index is 14.1. The third kappa shape index (κ3) is 3.05. The number of carboxylic acid groups (broad SMARTS) is 1. The molecule has 30 heavy (non-hydrogen) atoms. The van der Waals surface area contributed by atoms with Gasteiger partial charge < -0.3 is 14.7 Å². The average Bonchev–Trinajstić information content (AvgIpc) is 3.32. The molecule has 4 rings (SSSR count). The van der Waals surface area contributed by atoms with E-state index in [0.29, 0.717) is 5.56 Å². The van der Waals surface area contributed by atoms with Crippen LogP contribution in [0.25, 0.3) is 0 Å². The Labute approximate surface area is 176 Å². The number of benzene rings is 1. The van der Waals surface area contributed by atoms with Gasteiger partial charge in [0, 0.05) is 23.7 Å². The van der Waals surface area contributed by atoms with Crippen molar-refractivity contribution in [3.8, 4) is 5.75 Å². The second kappa shape index (κ2) is 6.98. The topological polar surface area (TPSA) is 81.0 Å². The highest BCUT2D eigenvalue weighted by atomic mass is 35.5. The Bertz CT molecular complexity index is 1080. The van der Waals surface area contributed by atoms with E-state index in [0.717, 1.165) is 18.3 Å². The summed E-state index contributed by atoms with van der Waals surface area (Å²) in [5.41, 5.74) is -3.50. The van der Waals surface area contributed by atoms with Crippen molar-refractivity contribution >= 4 is 34.9 Å². The van der Waals surface area contributed by atoms with E-state index < -0.39 is 45.6 Å². The smallest absolute Gasteiger partial charge is 0.435 e. The minimum Gasteiger partial charge on any atom is -0.492 e. The molecule has 12 heteroatoms. The van der Waals surface area contributed by atoms with E-state index in [-0.39, 0.29) is 35.7 Å². The van der Waals surface area contributed by atoms with Crippen LogP contribution < -0.4 is 4.74 Å². The summed E-state index contributed by atoms with van der Waals surface area (Å²) in [5, 5.41) is 11.6. The van der Waals surface area contributed by atoms with E-state index in [4.69, 9.17) is 32.8 Å². The molecule has 1 aromatic carbocycles. The van der Waals surface area contributed by atoms with Crippen molar-refractivity contribution in [3.05, 3.63) is 56.6 Å². The molecule has 0 bridgehead atoms. The SMILES string of the molecule is O=C(O)c1cnc(C2=NOC(c3cc(Cl)c(F)c(Cl)c3)(C(F)(F)F)C2)c2c1OCC2. The molecule has 2 aliphatic heterocycles. The summed E-state index contributed by atoms with van der Waals surface area (Å²) >= 11 is 11.4. The van der Waals surface area contributed by atoms with Gasteiger partial charge in [-0.2, -0.15) is 13.2 Å². The second-order valence-corrected chi connectivity index (χ2v) is 7.43. The Morgan fingerprint density at radius 2 is 1.90 bits per heavy atom. The van der Waals surface area contributed by atoms with Crippen molar-refractivity contribution < 1.29 is 37.0 Å². The molecule has 2 aliphatic rings. The molecule has 158 valence electrons. The Hall–Kier alpha value is -2.59. The largest absolute Gasteiger partial charge is 0.492 e. The van der Waals surface area contributed by atoms with Gasteiger partial charge in [0.05, 0.1) is 28.8 Å². The molecule has 0 fully saturated rings. The number of aromatic carboxylic acids is 1. The Balaban J connectivity index is 1.79. The van der Waals surface area contributed by atoms with Crippen LogP contribution in [0.4, 0.5) is 17.6 Å². The highest BCUT2D eigenvalue weighted by Crippen LogP contribution is 2.50. The van der Waals surface area contributed by atoms with E-state index in [2.05, 4.69) is 10.1 Å². The minimum absolute atomic E-state index is 0.0348. The molecule has 0 aliphatic carbocycles. The molecule has 2 aromatic rings. The lowest BCUT2D eigenvalue weighted by atomic mass is 9.86. The van der Waals surface area contributed by atoms with E-state index in [1.165, 1.54) is 0 Å². The second-order valence-electron chi connectivity index (χ2n) is 6.62. The lowest BCUT2D eigenvalue weighted by molar-refractivity contribution is -0.275. The van der Waals surface area contributed by atoms with E-state index >= 15 is 0 Å². The normalized spacial score (nSPS) is 20.4. The van der Waals surface area contributed by atoms with Gasteiger partial charge in [0.1, 0.15) is 17.0 Å². The molecule has 0 amide bonds. The number of carboxylic acids is 1. The molecule has 0 saturated carbocycles. The third-order valence-electron chi connectivity index (χ3n) is 4.87. The molecule has 0 saturated heterocycles. The van der Waals surface area contributed by atoms with Crippen LogP contribution in [0.1, 0.15) is 33.6 Å². The van der Waals surface area contributed by atoms with E-state index in [1.54, 1.807) is 0 Å². The lowest BCUT2D eigenvalue weighted by Crippen LogP contribution is -2.42. The van der Waals surface area contributed by atoms with Crippen LogP contribution in [0, 0.1) is 5.82 Å². The molecule has 0 radical (unpaired) electrons. The van der Waals surface area contributed by atoms with Crippen LogP contribution in [0.5, 0.6) is 5.75 Å². The Morgan fingerprint density at radius 1 is 1.23 bits per heavy atom. The molecule has 1 aromatic heterocycles. The highest BCUT2D eigenvalue weighted by Gasteiger charge is 2.63. The van der Waals surface area contributed by atoms with Crippen molar-refractivity contribution in [1.29, 1.82) is 0 Å². The minimum atomic E-state index is -4.97. The highest BCUT2D eigenvalue weighted by molar-refractivity contribution is 6.35. The standard InChI is InChI=1S/C18H10Cl2F4N2O4/c19-10-3-7(4-11(20)13(10)21)17(18(22,23)24)5-12(26-30-17)14-8-1-2-29-15(8)9(6-25-14)16(27)28/h3-4,6H,1-2,5H2,(H,27,28). The predicted molar refractivity (Wildman–Crippen MR) is 96.8 cm³/mol. The van der Waals surface area contributed by atoms with Crippen LogP contribution in [0.3, 0.4) is 0 Å². The van der Waals surface area contributed by atoms with Gasteiger partial charge in [-0.1, -0.05) is 28.4 Å². The first kappa shape index (κ1) is 20.7. The fourth-order valence-electron chi connectivity index (χ4n) is 3.41. The van der Waals surface area contributed by atoms with Crippen LogP contribution in [-0.2, 0) is 16.9 Å². The molecular formula is C18H10Cl2F4N2O4. The number of rotatable bonds is 3. The Kier molecular flexibility index (Phi) is 4.81. The number of alkyl halides is 3. The molecule has 3 heterocycles. The Morgan fingerprint density at radius 3 is 2.50 bits per heavy atom. The summed E-state index contributed by atoms with van der Waals surface area (Å²) in [6, 6.07) is 1.56. The number of halogens is 6. The molecule has 1 atom stereocenters. The predicted octanol–water partition coefficient (Wildman–Crippen LogP) is 4.74. The maximum Gasteiger partial charge on any atom is 0.435 e. The van der Waals surface area contributed by atoms with Gasteiger partial charge in [0.2, 0.25) is 0 Å². The summed E-state index contributed by atoms with van der Waals surface area (Å²) in [5.74, 6) is -2.30. The number of hydrogen-bond donors (Lipinski definition) is 1. The van der Waals surface area contributed by atoms with Crippen LogP contribution >= 0.6 is 23.2 Å². The first-order chi connectivity index (χ1) is 14.0. The number of carbonyl (C=O) groups is 1. The number of nitrogens with zero attached hydrogens (tertiary/aromatic N) is 2. The first-order valence-electron chi connectivity index (χ1n) is 8.40. The van der Waals surface area contributed by atoms with Gasteiger partial charge in [-0.05, 0) is 12.1 Å². The number of ether oxygens (including phenoxy) is 1. The fraction of sp³-hybridized carbons (Fsp3) is 0.278. The monoisotopic (exact) mass is 464 g/mol. The van der Waals surface area contributed by atoms with Crippen LogP contribution in [-0.4, -0.2) is 34.6 Å². The quantitative estimate of drug-likeness (QED) is 0.523. The van der Waals surface area contributed by atoms with Gasteiger partial charge in [-0.15, -0.1) is 0 Å². The summed E-state index contributed by atoms with van der Waals surface area (Å²) in [4.78, 5) is 20.2. The first-order valence-corrected chi connectivity index (χ1v) is 9.16. The van der Waals surface area contributed by atoms with Gasteiger partial charge in [0.15, 0.2) is 5.82 Å². The summed E-state index contributed by atoms with van der Waals surface area (Å²) in [6.07, 6.45) is -4.54. The van der Waals surface area contributed by atoms with Gasteiger partial charge in [-0.25, -0.2) is 9.18 Å². The fourth-order valence-corrected chi connectivity index (χ4v) is 3.90. The number of hydrogen-bond acceptors (Lipinski definition) is 5. The lowest BCUT2D eigenvalue weighted by Gasteiger charge is -2.29. The van der Waals surface area contributed by atoms with Crippen molar-refractivity contribution in [2.75, 3.05) is 6.61 Å². The molecule has 1 N–H and O–H groups in total. The molecule has 1 unspecified atom stereocenters. The number of oxime groups is 1. The van der Waals surface area contributed by atoms with Crippen LogP contribution in [0.15, 0.2) is 23.5 Å². The third-order valence-corrected chi connectivity index (χ3v) is 5.42. The van der Waals surface area contributed by atoms with Gasteiger partial charge in [-0.3, -0.25) is 4.98 Å². The van der Waals surface area contributed by atoms with Gasteiger partial charge >= 0.3 is 12.1 Å². The van der Waals surface area contributed by atoms with Crippen molar-refractivity contribution in [1.82, 2.24) is 4.98 Å². The van der Waals surface area contributed by atoms with E-state index in [1.807, 2.05) is 0 Å². The molecular weight excluding hydrogens is 455 g/mol. The molecule has 6 nitrogen and oxygen atoms in total. The zero-order chi connectivity index (χ0) is 21.8. The average molecular weight is 465 g/mol. The van der Waals surface area contributed by atoms with Crippen molar-refractivity contribution in [2.24, 2.45) is 5.16 Å². The summed E-state index contributed by atoms with van der Waals surface area (Å²) < 4.78 is 61.3. The summed E-state index contributed by atoms with van der Waals surface area (Å²) in [7, 11) is 0. The summed E-state index contributed by atoms with van der Waals surface area (Å²) in [6.45, 7) is 0.149.